The largest absolute Gasteiger partial charge is 0.416 e. The first-order chi connectivity index (χ1) is 11.1. The van der Waals surface area contributed by atoms with Crippen LogP contribution in [-0.4, -0.2) is 54.9 Å². The first kappa shape index (κ1) is 17.0. The maximum atomic E-state index is 13.1. The third kappa shape index (κ3) is 3.07. The molecule has 0 unspecified atom stereocenters. The third-order valence-electron chi connectivity index (χ3n) is 4.23. The molecule has 1 atom stereocenters. The van der Waals surface area contributed by atoms with Crippen molar-refractivity contribution in [1.82, 2.24) is 14.5 Å². The predicted molar refractivity (Wildman–Crippen MR) is 84.3 cm³/mol. The third-order valence-corrected chi connectivity index (χ3v) is 5.50. The minimum absolute atomic E-state index is 0.231. The number of fused-ring (bicyclic) bond motifs is 1. The van der Waals surface area contributed by atoms with Crippen LogP contribution in [0.5, 0.6) is 0 Å². The molecule has 1 aromatic heterocycles. The van der Waals surface area contributed by atoms with Gasteiger partial charge in [-0.3, -0.25) is 5.10 Å². The van der Waals surface area contributed by atoms with Crippen molar-refractivity contribution >= 4 is 26.6 Å². The Morgan fingerprint density at radius 2 is 2.00 bits per heavy atom. The lowest BCUT2D eigenvalue weighted by Gasteiger charge is -2.40. The first-order valence-electron chi connectivity index (χ1n) is 7.33. The van der Waals surface area contributed by atoms with E-state index in [1.807, 2.05) is 0 Å². The minimum Gasteiger partial charge on any atom is -0.366 e. The molecule has 0 saturated carbocycles. The number of aromatic amines is 1. The van der Waals surface area contributed by atoms with Crippen molar-refractivity contribution in [1.29, 1.82) is 0 Å². The second-order valence-corrected chi connectivity index (χ2v) is 7.97. The molecule has 1 N–H and O–H groups in total. The summed E-state index contributed by atoms with van der Waals surface area (Å²) in [5.74, 6) is 0. The standard InChI is InChI=1S/C14H17F3N4O2S/c1-9-8-20(24(2,22)23)3-4-21(9)13-6-10(14(15,16)17)5-12-11(13)7-18-19-12/h5-7,9H,3-4,8H2,1-2H3,(H,18,19)/t9-/m1/s1. The van der Waals surface area contributed by atoms with E-state index in [9.17, 15) is 21.6 Å². The molecular weight excluding hydrogens is 345 g/mol. The highest BCUT2D eigenvalue weighted by Gasteiger charge is 2.34. The van der Waals surface area contributed by atoms with E-state index >= 15 is 0 Å². The van der Waals surface area contributed by atoms with Gasteiger partial charge in [0, 0.05) is 36.7 Å². The maximum absolute atomic E-state index is 13.1. The molecule has 1 aromatic carbocycles. The lowest BCUT2D eigenvalue weighted by molar-refractivity contribution is -0.137. The Labute approximate surface area is 137 Å². The van der Waals surface area contributed by atoms with Crippen LogP contribution in [0.25, 0.3) is 10.9 Å². The van der Waals surface area contributed by atoms with Crippen molar-refractivity contribution < 1.29 is 21.6 Å². The van der Waals surface area contributed by atoms with E-state index in [0.29, 0.717) is 23.1 Å². The Bertz CT molecular complexity index is 863. The Morgan fingerprint density at radius 3 is 2.58 bits per heavy atom. The van der Waals surface area contributed by atoms with E-state index in [0.717, 1.165) is 18.4 Å². The van der Waals surface area contributed by atoms with E-state index < -0.39 is 21.8 Å². The number of nitrogens with zero attached hydrogens (tertiary/aromatic N) is 3. The first-order valence-corrected chi connectivity index (χ1v) is 9.18. The van der Waals surface area contributed by atoms with Gasteiger partial charge in [-0.15, -0.1) is 0 Å². The number of alkyl halides is 3. The smallest absolute Gasteiger partial charge is 0.366 e. The SMILES string of the molecule is C[C@@H]1CN(S(C)(=O)=O)CCN1c1cc(C(F)(F)F)cc2[nH]ncc12. The molecule has 0 bridgehead atoms. The highest BCUT2D eigenvalue weighted by atomic mass is 32.2. The van der Waals surface area contributed by atoms with Crippen molar-refractivity contribution in [2.45, 2.75) is 19.1 Å². The van der Waals surface area contributed by atoms with Gasteiger partial charge in [0.15, 0.2) is 0 Å². The molecule has 24 heavy (non-hydrogen) atoms. The monoisotopic (exact) mass is 362 g/mol. The molecule has 1 fully saturated rings. The van der Waals surface area contributed by atoms with Gasteiger partial charge in [-0.2, -0.15) is 22.6 Å². The number of aromatic nitrogens is 2. The topological polar surface area (TPSA) is 69.3 Å². The summed E-state index contributed by atoms with van der Waals surface area (Å²) in [6.07, 6.45) is -1.85. The summed E-state index contributed by atoms with van der Waals surface area (Å²) < 4.78 is 64.1. The number of rotatable bonds is 2. The number of nitrogens with one attached hydrogen (secondary N) is 1. The van der Waals surface area contributed by atoms with E-state index in [-0.39, 0.29) is 19.1 Å². The second-order valence-electron chi connectivity index (χ2n) is 5.99. The highest BCUT2D eigenvalue weighted by Crippen LogP contribution is 2.37. The maximum Gasteiger partial charge on any atom is 0.416 e. The summed E-state index contributed by atoms with van der Waals surface area (Å²) in [4.78, 5) is 1.80. The van der Waals surface area contributed by atoms with Gasteiger partial charge >= 0.3 is 6.18 Å². The van der Waals surface area contributed by atoms with Gasteiger partial charge in [0.1, 0.15) is 0 Å². The van der Waals surface area contributed by atoms with Crippen molar-refractivity contribution in [2.75, 3.05) is 30.8 Å². The van der Waals surface area contributed by atoms with Crippen molar-refractivity contribution in [3.63, 3.8) is 0 Å². The number of H-pyrrole nitrogens is 1. The van der Waals surface area contributed by atoms with Crippen LogP contribution in [0.15, 0.2) is 18.3 Å². The normalized spacial score (nSPS) is 20.7. The molecule has 2 aromatic rings. The zero-order chi connectivity index (χ0) is 17.7. The Morgan fingerprint density at radius 1 is 1.29 bits per heavy atom. The molecule has 0 aliphatic carbocycles. The van der Waals surface area contributed by atoms with Crippen molar-refractivity contribution in [3.8, 4) is 0 Å². The molecule has 1 aliphatic rings. The average molecular weight is 362 g/mol. The number of piperazine rings is 1. The molecule has 0 amide bonds. The second kappa shape index (κ2) is 5.62. The fourth-order valence-corrected chi connectivity index (χ4v) is 3.92. The molecule has 6 nitrogen and oxygen atoms in total. The number of halogens is 3. The van der Waals surface area contributed by atoms with Gasteiger partial charge in [-0.1, -0.05) is 0 Å². The van der Waals surface area contributed by atoms with Crippen LogP contribution in [-0.2, 0) is 16.2 Å². The molecule has 10 heteroatoms. The van der Waals surface area contributed by atoms with Crippen LogP contribution < -0.4 is 4.90 Å². The lowest BCUT2D eigenvalue weighted by Crippen LogP contribution is -2.53. The Kier molecular flexibility index (Phi) is 3.99. The van der Waals surface area contributed by atoms with Gasteiger partial charge in [0.2, 0.25) is 10.0 Å². The summed E-state index contributed by atoms with van der Waals surface area (Å²) in [5.41, 5.74) is -0.0428. The van der Waals surface area contributed by atoms with Crippen LogP contribution in [0.1, 0.15) is 12.5 Å². The van der Waals surface area contributed by atoms with Gasteiger partial charge < -0.3 is 4.90 Å². The number of sulfonamides is 1. The van der Waals surface area contributed by atoms with Gasteiger partial charge in [-0.25, -0.2) is 8.42 Å². The fourth-order valence-electron chi connectivity index (χ4n) is 3.02. The van der Waals surface area contributed by atoms with E-state index in [4.69, 9.17) is 0 Å². The van der Waals surface area contributed by atoms with Crippen LogP contribution in [0, 0.1) is 0 Å². The quantitative estimate of drug-likeness (QED) is 0.888. The highest BCUT2D eigenvalue weighted by molar-refractivity contribution is 7.88. The summed E-state index contributed by atoms with van der Waals surface area (Å²) in [6.45, 7) is 2.58. The van der Waals surface area contributed by atoms with Gasteiger partial charge in [0.25, 0.3) is 0 Å². The molecule has 1 saturated heterocycles. The minimum atomic E-state index is -4.47. The van der Waals surface area contributed by atoms with E-state index in [1.54, 1.807) is 11.8 Å². The van der Waals surface area contributed by atoms with Crippen molar-refractivity contribution in [2.24, 2.45) is 0 Å². The number of hydrogen-bond donors (Lipinski definition) is 1. The van der Waals surface area contributed by atoms with Crippen LogP contribution >= 0.6 is 0 Å². The van der Waals surface area contributed by atoms with Crippen LogP contribution in [0.2, 0.25) is 0 Å². The number of hydrogen-bond acceptors (Lipinski definition) is 4. The van der Waals surface area contributed by atoms with Crippen LogP contribution in [0.3, 0.4) is 0 Å². The molecule has 2 heterocycles. The number of benzene rings is 1. The Hall–Kier alpha value is -1.81. The number of anilines is 1. The zero-order valence-corrected chi connectivity index (χ0v) is 13.9. The summed E-state index contributed by atoms with van der Waals surface area (Å²) >= 11 is 0. The molecule has 1 aliphatic heterocycles. The molecule has 3 rings (SSSR count). The predicted octanol–water partition coefficient (Wildman–Crippen LogP) is 2.05. The summed E-state index contributed by atoms with van der Waals surface area (Å²) in [6, 6.07) is 1.88. The summed E-state index contributed by atoms with van der Waals surface area (Å²) in [5, 5.41) is 7.00. The Balaban J connectivity index is 2.02. The molecular formula is C14H17F3N4O2S. The molecule has 0 spiro atoms. The molecule has 0 radical (unpaired) electrons. The summed E-state index contributed by atoms with van der Waals surface area (Å²) in [7, 11) is -3.32. The average Bonchev–Trinajstić information content (AvgIpc) is 2.92. The van der Waals surface area contributed by atoms with Gasteiger partial charge in [-0.05, 0) is 19.1 Å². The van der Waals surface area contributed by atoms with Gasteiger partial charge in [0.05, 0.1) is 23.5 Å². The van der Waals surface area contributed by atoms with Crippen molar-refractivity contribution in [3.05, 3.63) is 23.9 Å². The zero-order valence-electron chi connectivity index (χ0n) is 13.1. The van der Waals surface area contributed by atoms with E-state index in [2.05, 4.69) is 10.2 Å². The van der Waals surface area contributed by atoms with Crippen LogP contribution in [0.4, 0.5) is 18.9 Å². The lowest BCUT2D eigenvalue weighted by atomic mass is 10.1. The molecule has 132 valence electrons. The fraction of sp³-hybridized carbons (Fsp3) is 0.500. The van der Waals surface area contributed by atoms with E-state index in [1.165, 1.54) is 10.5 Å².